The maximum atomic E-state index is 2.48. The largest absolute Gasteiger partial charge is 0.0661 e. The van der Waals surface area contributed by atoms with Gasteiger partial charge in [0.25, 0.3) is 0 Å². The van der Waals surface area contributed by atoms with Crippen molar-refractivity contribution in [2.45, 2.75) is 69.4 Å². The van der Waals surface area contributed by atoms with Gasteiger partial charge in [0.2, 0.25) is 0 Å². The molecule has 0 heterocycles. The first kappa shape index (κ1) is 12.5. The van der Waals surface area contributed by atoms with Gasteiger partial charge in [0.1, 0.15) is 0 Å². The average molecular weight is 229 g/mol. The van der Waals surface area contributed by atoms with Crippen LogP contribution in [-0.4, -0.2) is 20.5 Å². The summed E-state index contributed by atoms with van der Waals surface area (Å²) in [5, 5.41) is 0. The van der Waals surface area contributed by atoms with Gasteiger partial charge >= 0.3 is 0 Å². The second kappa shape index (κ2) is 6.11. The zero-order valence-corrected chi connectivity index (χ0v) is 14.4. The summed E-state index contributed by atoms with van der Waals surface area (Å²) in [5.41, 5.74) is 0. The third-order valence-corrected chi connectivity index (χ3v) is 4.51. The Morgan fingerprint density at radius 1 is 1.07 bits per heavy atom. The minimum absolute atomic E-state index is 0.826. The summed E-state index contributed by atoms with van der Waals surface area (Å²) in [5.74, 6) is 1.11. The predicted molar refractivity (Wildman–Crippen MR) is 73.3 cm³/mol. The Hall–Kier alpha value is 0.434. The zero-order valence-electron chi connectivity index (χ0n) is 10.4. The van der Waals surface area contributed by atoms with Crippen LogP contribution in [0.4, 0.5) is 0 Å². The number of hydrogen-bond acceptors (Lipinski definition) is 0. The molecule has 0 unspecified atom stereocenters. The summed E-state index contributed by atoms with van der Waals surface area (Å²) in [6.45, 7) is 2.48. The van der Waals surface area contributed by atoms with E-state index in [2.05, 4.69) is 6.92 Å². The van der Waals surface area contributed by atoms with Crippen molar-refractivity contribution in [2.75, 3.05) is 0 Å². The van der Waals surface area contributed by atoms with Gasteiger partial charge in [0.05, 0.1) is 0 Å². The number of rotatable bonds is 5. The first-order valence-corrected chi connectivity index (χ1v) is 8.58. The third kappa shape index (κ3) is 6.02. The molecule has 2 heteroatoms. The molecule has 1 rings (SSSR count). The summed E-state index contributed by atoms with van der Waals surface area (Å²) in [6, 6.07) is 0. The highest BCUT2D eigenvalue weighted by molar-refractivity contribution is 6.39. The quantitative estimate of drug-likeness (QED) is 0.499. The molecule has 0 amide bonds. The molecular weight excluding hydrogens is 200 g/mol. The van der Waals surface area contributed by atoms with Crippen LogP contribution in [0.1, 0.15) is 64.7 Å². The lowest BCUT2D eigenvalue weighted by atomic mass is 9.85. The molecule has 1 fully saturated rings. The van der Waals surface area contributed by atoms with E-state index in [4.69, 9.17) is 0 Å². The first-order chi connectivity index (χ1) is 6.58. The van der Waals surface area contributed by atoms with E-state index in [-0.39, 0.29) is 0 Å². The fourth-order valence-electron chi connectivity index (χ4n) is 2.56. The van der Waals surface area contributed by atoms with Crippen molar-refractivity contribution >= 4 is 20.5 Å². The van der Waals surface area contributed by atoms with E-state index in [0.717, 1.165) is 10.6 Å². The fraction of sp³-hybridized carbons (Fsp3) is 1.00. The van der Waals surface area contributed by atoms with Crippen LogP contribution in [0.3, 0.4) is 0 Å². The van der Waals surface area contributed by atoms with Crippen molar-refractivity contribution in [3.05, 3.63) is 0 Å². The predicted octanol–water partition coefficient (Wildman–Crippen LogP) is 1.99. The number of unbranched alkanes of at least 4 members (excludes halogenated alkanes) is 1. The van der Waals surface area contributed by atoms with E-state index >= 15 is 0 Å². The molecule has 0 saturated heterocycles. The Balaban J connectivity index is 1.97. The maximum Gasteiger partial charge on any atom is 0.00588 e. The second-order valence-electron chi connectivity index (χ2n) is 6.31. The van der Waals surface area contributed by atoms with Crippen molar-refractivity contribution in [1.82, 2.24) is 0 Å². The summed E-state index contributed by atoms with van der Waals surface area (Å²) in [7, 11) is 2.83. The normalized spacial score (nSPS) is 23.8. The lowest BCUT2D eigenvalue weighted by Crippen LogP contribution is -2.09. The van der Waals surface area contributed by atoms with E-state index in [0.29, 0.717) is 0 Å². The average Bonchev–Trinajstić information content (AvgIpc) is 2.13. The van der Waals surface area contributed by atoms with Gasteiger partial charge in [-0.3, -0.25) is 0 Å². The van der Waals surface area contributed by atoms with E-state index in [1.165, 1.54) is 59.0 Å². The second-order valence-corrected chi connectivity index (χ2v) is 13.7. The van der Waals surface area contributed by atoms with Gasteiger partial charge in [-0.25, -0.2) is 0 Å². The molecule has 0 aromatic rings. The zero-order chi connectivity index (χ0) is 10.4. The minimum Gasteiger partial charge on any atom is -0.0661 e. The monoisotopic (exact) mass is 228 g/mol. The van der Waals surface area contributed by atoms with Crippen molar-refractivity contribution in [3.63, 3.8) is 0 Å². The van der Waals surface area contributed by atoms with Crippen molar-refractivity contribution < 1.29 is 0 Å². The molecule has 1 aliphatic rings. The van der Waals surface area contributed by atoms with Crippen molar-refractivity contribution in [2.24, 2.45) is 5.92 Å². The standard InChI is InChI=1S/C12H28Si2/c1-12(13,14)10-6-5-9-11-7-3-2-4-8-11/h11H,2-10H2,1,13-14H3. The molecular formula is C12H28Si2. The van der Waals surface area contributed by atoms with Gasteiger partial charge < -0.3 is 0 Å². The van der Waals surface area contributed by atoms with Crippen LogP contribution in [0.5, 0.6) is 0 Å². The van der Waals surface area contributed by atoms with Crippen molar-refractivity contribution in [1.29, 1.82) is 0 Å². The molecule has 0 aromatic carbocycles. The maximum absolute atomic E-state index is 2.48. The molecule has 0 nitrogen and oxygen atoms in total. The summed E-state index contributed by atoms with van der Waals surface area (Å²) in [6.07, 6.45) is 13.7. The minimum atomic E-state index is 0.826. The first-order valence-electron chi connectivity index (χ1n) is 6.58. The molecule has 84 valence electrons. The molecule has 0 radical (unpaired) electrons. The van der Waals surface area contributed by atoms with Crippen LogP contribution in [0, 0.1) is 5.92 Å². The molecule has 0 aliphatic heterocycles. The third-order valence-electron chi connectivity index (χ3n) is 3.51. The van der Waals surface area contributed by atoms with E-state index in [1.807, 2.05) is 0 Å². The highest BCUT2D eigenvalue weighted by atomic mass is 28.2. The van der Waals surface area contributed by atoms with Crippen LogP contribution >= 0.6 is 0 Å². The van der Waals surface area contributed by atoms with Crippen molar-refractivity contribution in [3.8, 4) is 0 Å². The Kier molecular flexibility index (Phi) is 5.46. The fourth-order valence-corrected chi connectivity index (χ4v) is 3.27. The SMILES string of the molecule is CC([SiH3])([SiH3])CCCCC1CCCCC1. The van der Waals surface area contributed by atoms with E-state index in [9.17, 15) is 0 Å². The molecule has 0 bridgehead atoms. The Morgan fingerprint density at radius 3 is 2.29 bits per heavy atom. The van der Waals surface area contributed by atoms with Gasteiger partial charge in [0, 0.05) is 20.5 Å². The number of hydrogen-bond donors (Lipinski definition) is 0. The topological polar surface area (TPSA) is 0 Å². The molecule has 0 N–H and O–H groups in total. The van der Waals surface area contributed by atoms with Gasteiger partial charge in [-0.1, -0.05) is 69.4 Å². The molecule has 0 spiro atoms. The summed E-state index contributed by atoms with van der Waals surface area (Å²) < 4.78 is 0.826. The highest BCUT2D eigenvalue weighted by Crippen LogP contribution is 2.29. The lowest BCUT2D eigenvalue weighted by Gasteiger charge is -2.22. The van der Waals surface area contributed by atoms with Gasteiger partial charge in [0.15, 0.2) is 0 Å². The molecule has 0 atom stereocenters. The highest BCUT2D eigenvalue weighted by Gasteiger charge is 2.14. The molecule has 0 aromatic heterocycles. The Labute approximate surface area is 96.1 Å². The molecule has 1 saturated carbocycles. The van der Waals surface area contributed by atoms with Gasteiger partial charge in [-0.05, 0) is 5.92 Å². The summed E-state index contributed by atoms with van der Waals surface area (Å²) >= 11 is 0. The smallest absolute Gasteiger partial charge is 0.00588 e. The molecule has 14 heavy (non-hydrogen) atoms. The van der Waals surface area contributed by atoms with Gasteiger partial charge in [-0.15, -0.1) is 0 Å². The van der Waals surface area contributed by atoms with E-state index in [1.54, 1.807) is 19.3 Å². The van der Waals surface area contributed by atoms with Gasteiger partial charge in [-0.2, -0.15) is 0 Å². The lowest BCUT2D eigenvalue weighted by molar-refractivity contribution is 0.328. The summed E-state index contributed by atoms with van der Waals surface area (Å²) in [4.78, 5) is 0. The van der Waals surface area contributed by atoms with Crippen LogP contribution in [-0.2, 0) is 0 Å². The van der Waals surface area contributed by atoms with E-state index < -0.39 is 0 Å². The van der Waals surface area contributed by atoms with Crippen LogP contribution < -0.4 is 0 Å². The molecule has 1 aliphatic carbocycles. The van der Waals surface area contributed by atoms with Crippen LogP contribution in [0.2, 0.25) is 4.66 Å². The van der Waals surface area contributed by atoms with Crippen LogP contribution in [0.25, 0.3) is 0 Å². The Morgan fingerprint density at radius 2 is 1.71 bits per heavy atom. The Bertz CT molecular complexity index is 143. The van der Waals surface area contributed by atoms with Crippen LogP contribution in [0.15, 0.2) is 0 Å².